The summed E-state index contributed by atoms with van der Waals surface area (Å²) < 4.78 is 2.21. The molecule has 3 heterocycles. The summed E-state index contributed by atoms with van der Waals surface area (Å²) in [4.78, 5) is 9.56. The molecule has 0 aromatic carbocycles. The highest BCUT2D eigenvalue weighted by Gasteiger charge is 2.22. The number of hydrogen-bond donors (Lipinski definition) is 0. The molecule has 1 aliphatic rings. The molecule has 1 fully saturated rings. The average molecular weight is 284 g/mol. The Hall–Kier alpha value is -1.65. The molecule has 4 heteroatoms. The molecule has 4 nitrogen and oxygen atoms in total. The van der Waals surface area contributed by atoms with E-state index in [2.05, 4.69) is 63.8 Å². The Bertz CT molecular complexity index is 555. The van der Waals surface area contributed by atoms with Gasteiger partial charge >= 0.3 is 0 Å². The summed E-state index contributed by atoms with van der Waals surface area (Å²) in [5.74, 6) is 0. The highest BCUT2D eigenvalue weighted by molar-refractivity contribution is 5.09. The Morgan fingerprint density at radius 2 is 1.90 bits per heavy atom. The maximum absolute atomic E-state index is 4.49. The molecule has 2 aromatic heterocycles. The van der Waals surface area contributed by atoms with Crippen LogP contribution in [0, 0.1) is 0 Å². The fourth-order valence-electron chi connectivity index (χ4n) is 3.01. The van der Waals surface area contributed by atoms with E-state index in [1.165, 1.54) is 11.4 Å². The molecule has 0 amide bonds. The van der Waals surface area contributed by atoms with Crippen LogP contribution in [0.2, 0.25) is 0 Å². The van der Waals surface area contributed by atoms with Crippen LogP contribution in [-0.4, -0.2) is 45.5 Å². The highest BCUT2D eigenvalue weighted by Crippen LogP contribution is 2.20. The summed E-state index contributed by atoms with van der Waals surface area (Å²) in [6.07, 6.45) is 4.01. The summed E-state index contributed by atoms with van der Waals surface area (Å²) in [7, 11) is 2.12. The second-order valence-corrected chi connectivity index (χ2v) is 5.85. The van der Waals surface area contributed by atoms with Gasteiger partial charge in [0.1, 0.15) is 0 Å². The molecule has 1 unspecified atom stereocenters. The Balaban J connectivity index is 1.54. The predicted molar refractivity (Wildman–Crippen MR) is 84.9 cm³/mol. The van der Waals surface area contributed by atoms with E-state index in [1.54, 1.807) is 0 Å². The van der Waals surface area contributed by atoms with Crippen LogP contribution >= 0.6 is 0 Å². The SMILES string of the molecule is CC(c1ccccn1)N1CCN(Cc2cccn2C)CC1. The Labute approximate surface area is 127 Å². The van der Waals surface area contributed by atoms with Gasteiger partial charge in [0.05, 0.1) is 5.69 Å². The molecule has 0 N–H and O–H groups in total. The molecule has 1 saturated heterocycles. The molecule has 1 aliphatic heterocycles. The lowest BCUT2D eigenvalue weighted by molar-refractivity contribution is 0.0951. The van der Waals surface area contributed by atoms with E-state index in [0.29, 0.717) is 6.04 Å². The van der Waals surface area contributed by atoms with Crippen LogP contribution < -0.4 is 0 Å². The lowest BCUT2D eigenvalue weighted by atomic mass is 10.1. The zero-order chi connectivity index (χ0) is 14.7. The summed E-state index contributed by atoms with van der Waals surface area (Å²) >= 11 is 0. The van der Waals surface area contributed by atoms with E-state index in [1.807, 2.05) is 12.3 Å². The molecule has 1 atom stereocenters. The van der Waals surface area contributed by atoms with Gasteiger partial charge in [-0.3, -0.25) is 14.8 Å². The van der Waals surface area contributed by atoms with Crippen molar-refractivity contribution in [2.75, 3.05) is 26.2 Å². The van der Waals surface area contributed by atoms with Crippen molar-refractivity contribution >= 4 is 0 Å². The maximum atomic E-state index is 4.49. The molecule has 0 radical (unpaired) electrons. The Morgan fingerprint density at radius 3 is 2.52 bits per heavy atom. The lowest BCUT2D eigenvalue weighted by Gasteiger charge is -2.37. The Morgan fingerprint density at radius 1 is 1.10 bits per heavy atom. The monoisotopic (exact) mass is 284 g/mol. The van der Waals surface area contributed by atoms with Crippen molar-refractivity contribution in [2.24, 2.45) is 7.05 Å². The average Bonchev–Trinajstić information content (AvgIpc) is 2.93. The molecule has 3 rings (SSSR count). The number of hydrogen-bond acceptors (Lipinski definition) is 3. The van der Waals surface area contributed by atoms with Gasteiger partial charge in [-0.25, -0.2) is 0 Å². The van der Waals surface area contributed by atoms with Gasteiger partial charge in [0.2, 0.25) is 0 Å². The number of nitrogens with zero attached hydrogens (tertiary/aromatic N) is 4. The van der Waals surface area contributed by atoms with Crippen molar-refractivity contribution in [2.45, 2.75) is 19.5 Å². The van der Waals surface area contributed by atoms with Crippen molar-refractivity contribution in [1.82, 2.24) is 19.4 Å². The fourth-order valence-corrected chi connectivity index (χ4v) is 3.01. The first-order valence-corrected chi connectivity index (χ1v) is 7.71. The van der Waals surface area contributed by atoms with Gasteiger partial charge in [-0.15, -0.1) is 0 Å². The van der Waals surface area contributed by atoms with Crippen LogP contribution in [0.25, 0.3) is 0 Å². The second-order valence-electron chi connectivity index (χ2n) is 5.85. The van der Waals surface area contributed by atoms with Crippen molar-refractivity contribution in [3.8, 4) is 0 Å². The topological polar surface area (TPSA) is 24.3 Å². The zero-order valence-electron chi connectivity index (χ0n) is 12.9. The van der Waals surface area contributed by atoms with E-state index in [9.17, 15) is 0 Å². The van der Waals surface area contributed by atoms with Crippen LogP contribution in [0.1, 0.15) is 24.4 Å². The van der Waals surface area contributed by atoms with Gasteiger partial charge in [-0.05, 0) is 31.2 Å². The van der Waals surface area contributed by atoms with Crippen LogP contribution in [0.15, 0.2) is 42.7 Å². The minimum Gasteiger partial charge on any atom is -0.353 e. The van der Waals surface area contributed by atoms with Gasteiger partial charge in [0, 0.05) is 63.9 Å². The van der Waals surface area contributed by atoms with Crippen molar-refractivity contribution < 1.29 is 0 Å². The van der Waals surface area contributed by atoms with Crippen molar-refractivity contribution in [3.05, 3.63) is 54.1 Å². The van der Waals surface area contributed by atoms with E-state index < -0.39 is 0 Å². The summed E-state index contributed by atoms with van der Waals surface area (Å²) in [5.41, 5.74) is 2.56. The number of aromatic nitrogens is 2. The standard InChI is InChI=1S/C17H24N4/c1-15(17-7-3-4-8-18-17)21-12-10-20(11-13-21)14-16-6-5-9-19(16)2/h3-9,15H,10-14H2,1-2H3. The van der Waals surface area contributed by atoms with Gasteiger partial charge < -0.3 is 4.57 Å². The summed E-state index contributed by atoms with van der Waals surface area (Å²) in [6.45, 7) is 7.79. The largest absolute Gasteiger partial charge is 0.353 e. The van der Waals surface area contributed by atoms with E-state index in [-0.39, 0.29) is 0 Å². The summed E-state index contributed by atoms with van der Waals surface area (Å²) in [6, 6.07) is 10.9. The molecule has 0 saturated carbocycles. The highest BCUT2D eigenvalue weighted by atomic mass is 15.3. The molecular formula is C17H24N4. The quantitative estimate of drug-likeness (QED) is 0.861. The first kappa shape index (κ1) is 14.3. The minimum absolute atomic E-state index is 0.406. The van der Waals surface area contributed by atoms with Crippen LogP contribution in [0.5, 0.6) is 0 Å². The van der Waals surface area contributed by atoms with Gasteiger partial charge in [0.15, 0.2) is 0 Å². The maximum Gasteiger partial charge on any atom is 0.0572 e. The zero-order valence-corrected chi connectivity index (χ0v) is 12.9. The second kappa shape index (κ2) is 6.41. The van der Waals surface area contributed by atoms with Gasteiger partial charge in [0.25, 0.3) is 0 Å². The van der Waals surface area contributed by atoms with Gasteiger partial charge in [-0.1, -0.05) is 6.07 Å². The molecule has 0 aliphatic carbocycles. The Kier molecular flexibility index (Phi) is 4.36. The lowest BCUT2D eigenvalue weighted by Crippen LogP contribution is -2.46. The third-order valence-corrected chi connectivity index (χ3v) is 4.51. The molecule has 0 spiro atoms. The normalized spacial score (nSPS) is 18.8. The number of pyridine rings is 1. The molecular weight excluding hydrogens is 260 g/mol. The van der Waals surface area contributed by atoms with E-state index in [4.69, 9.17) is 0 Å². The molecule has 0 bridgehead atoms. The number of rotatable bonds is 4. The predicted octanol–water partition coefficient (Wildman–Crippen LogP) is 2.30. The number of aryl methyl sites for hydroxylation is 1. The molecule has 21 heavy (non-hydrogen) atoms. The van der Waals surface area contributed by atoms with Gasteiger partial charge in [-0.2, -0.15) is 0 Å². The molecule has 112 valence electrons. The van der Waals surface area contributed by atoms with Crippen molar-refractivity contribution in [1.29, 1.82) is 0 Å². The number of piperazine rings is 1. The fraction of sp³-hybridized carbons (Fsp3) is 0.471. The van der Waals surface area contributed by atoms with Crippen molar-refractivity contribution in [3.63, 3.8) is 0 Å². The third kappa shape index (κ3) is 3.34. The van der Waals surface area contributed by atoms with Crippen LogP contribution in [-0.2, 0) is 13.6 Å². The van der Waals surface area contributed by atoms with Crippen LogP contribution in [0.4, 0.5) is 0 Å². The first-order valence-electron chi connectivity index (χ1n) is 7.71. The smallest absolute Gasteiger partial charge is 0.0572 e. The first-order chi connectivity index (χ1) is 10.2. The third-order valence-electron chi connectivity index (χ3n) is 4.51. The van der Waals surface area contributed by atoms with E-state index in [0.717, 1.165) is 32.7 Å². The minimum atomic E-state index is 0.406. The molecule has 2 aromatic rings. The summed E-state index contributed by atoms with van der Waals surface area (Å²) in [5, 5.41) is 0. The van der Waals surface area contributed by atoms with Crippen LogP contribution in [0.3, 0.4) is 0 Å². The van der Waals surface area contributed by atoms with E-state index >= 15 is 0 Å².